The molecule has 0 atom stereocenters. The first kappa shape index (κ1) is 14.5. The van der Waals surface area contributed by atoms with Crippen LogP contribution in [0.4, 0.5) is 5.69 Å². The number of pyridine rings is 1. The van der Waals surface area contributed by atoms with Crippen molar-refractivity contribution in [3.8, 4) is 0 Å². The van der Waals surface area contributed by atoms with Crippen LogP contribution in [0, 0.1) is 13.8 Å². The summed E-state index contributed by atoms with van der Waals surface area (Å²) >= 11 is 0. The number of aromatic nitrogens is 1. The standard InChI is InChI=1S/C15H18N2O2S/c1-12-6-7-15(13(2)9-12)17(20(3,18)19)11-14-5-4-8-16-10-14/h4-10H,11H2,1-3H3. The van der Waals surface area contributed by atoms with E-state index >= 15 is 0 Å². The molecule has 0 fully saturated rings. The fourth-order valence-corrected chi connectivity index (χ4v) is 3.07. The molecule has 0 spiro atoms. The van der Waals surface area contributed by atoms with Gasteiger partial charge in [0.2, 0.25) is 10.0 Å². The van der Waals surface area contributed by atoms with Crippen molar-refractivity contribution in [3.05, 3.63) is 59.4 Å². The molecule has 1 aromatic heterocycles. The van der Waals surface area contributed by atoms with Gasteiger partial charge in [0.15, 0.2) is 0 Å². The van der Waals surface area contributed by atoms with Gasteiger partial charge in [0.25, 0.3) is 0 Å². The van der Waals surface area contributed by atoms with E-state index in [4.69, 9.17) is 0 Å². The molecule has 4 nitrogen and oxygen atoms in total. The fraction of sp³-hybridized carbons (Fsp3) is 0.267. The van der Waals surface area contributed by atoms with Crippen molar-refractivity contribution >= 4 is 15.7 Å². The average molecular weight is 290 g/mol. The molecule has 0 bridgehead atoms. The molecule has 0 saturated heterocycles. The van der Waals surface area contributed by atoms with Gasteiger partial charge in [-0.3, -0.25) is 9.29 Å². The van der Waals surface area contributed by atoms with Crippen LogP contribution in [-0.2, 0) is 16.6 Å². The second-order valence-corrected chi connectivity index (χ2v) is 6.83. The maximum Gasteiger partial charge on any atom is 0.232 e. The Morgan fingerprint density at radius 2 is 1.95 bits per heavy atom. The number of anilines is 1. The van der Waals surface area contributed by atoms with Gasteiger partial charge < -0.3 is 0 Å². The number of hydrogen-bond donors (Lipinski definition) is 0. The van der Waals surface area contributed by atoms with Crippen LogP contribution in [0.5, 0.6) is 0 Å². The van der Waals surface area contributed by atoms with Crippen LogP contribution in [0.25, 0.3) is 0 Å². The third-order valence-electron chi connectivity index (χ3n) is 3.07. The summed E-state index contributed by atoms with van der Waals surface area (Å²) in [4.78, 5) is 4.03. The Morgan fingerprint density at radius 1 is 1.20 bits per heavy atom. The zero-order valence-electron chi connectivity index (χ0n) is 11.9. The minimum atomic E-state index is -3.35. The third kappa shape index (κ3) is 3.36. The molecule has 0 aliphatic carbocycles. The molecule has 1 aromatic carbocycles. The Morgan fingerprint density at radius 3 is 2.50 bits per heavy atom. The molecule has 0 N–H and O–H groups in total. The number of hydrogen-bond acceptors (Lipinski definition) is 3. The van der Waals surface area contributed by atoms with E-state index in [1.807, 2.05) is 38.1 Å². The lowest BCUT2D eigenvalue weighted by Crippen LogP contribution is -2.30. The van der Waals surface area contributed by atoms with Crippen molar-refractivity contribution in [2.24, 2.45) is 0 Å². The van der Waals surface area contributed by atoms with Crippen LogP contribution in [0.2, 0.25) is 0 Å². The van der Waals surface area contributed by atoms with Gasteiger partial charge >= 0.3 is 0 Å². The number of rotatable bonds is 4. The molecule has 0 aliphatic heterocycles. The second-order valence-electron chi connectivity index (χ2n) is 4.92. The summed E-state index contributed by atoms with van der Waals surface area (Å²) in [7, 11) is -3.35. The van der Waals surface area contributed by atoms with Crippen molar-refractivity contribution in [1.82, 2.24) is 4.98 Å². The van der Waals surface area contributed by atoms with Crippen molar-refractivity contribution in [3.63, 3.8) is 0 Å². The van der Waals surface area contributed by atoms with Gasteiger partial charge in [-0.05, 0) is 37.1 Å². The van der Waals surface area contributed by atoms with Crippen LogP contribution in [0.1, 0.15) is 16.7 Å². The Kier molecular flexibility index (Phi) is 4.09. The zero-order chi connectivity index (χ0) is 14.8. The number of aryl methyl sites for hydroxylation is 2. The summed E-state index contributed by atoms with van der Waals surface area (Å²) in [5.74, 6) is 0. The van der Waals surface area contributed by atoms with Crippen LogP contribution < -0.4 is 4.31 Å². The van der Waals surface area contributed by atoms with Crippen molar-refractivity contribution in [1.29, 1.82) is 0 Å². The first-order valence-corrected chi connectivity index (χ1v) is 8.16. The zero-order valence-corrected chi connectivity index (χ0v) is 12.7. The summed E-state index contributed by atoms with van der Waals surface area (Å²) in [5, 5.41) is 0. The third-order valence-corrected chi connectivity index (χ3v) is 4.20. The predicted octanol–water partition coefficient (Wildman–Crippen LogP) is 2.66. The monoisotopic (exact) mass is 290 g/mol. The molecule has 2 aromatic rings. The van der Waals surface area contributed by atoms with Crippen molar-refractivity contribution in [2.75, 3.05) is 10.6 Å². The number of sulfonamides is 1. The Balaban J connectivity index is 2.44. The normalized spacial score (nSPS) is 11.3. The molecular weight excluding hydrogens is 272 g/mol. The van der Waals surface area contributed by atoms with E-state index in [2.05, 4.69) is 4.98 Å². The SMILES string of the molecule is Cc1ccc(N(Cc2cccnc2)S(C)(=O)=O)c(C)c1. The molecule has 0 radical (unpaired) electrons. The highest BCUT2D eigenvalue weighted by Gasteiger charge is 2.19. The first-order valence-electron chi connectivity index (χ1n) is 6.32. The number of benzene rings is 1. The van der Waals surface area contributed by atoms with E-state index in [1.54, 1.807) is 18.5 Å². The smallest absolute Gasteiger partial charge is 0.232 e. The molecule has 5 heteroatoms. The topological polar surface area (TPSA) is 50.3 Å². The maximum atomic E-state index is 12.1. The molecule has 0 unspecified atom stereocenters. The first-order chi connectivity index (χ1) is 9.38. The van der Waals surface area contributed by atoms with Gasteiger partial charge in [-0.25, -0.2) is 8.42 Å². The van der Waals surface area contributed by atoms with E-state index in [-0.39, 0.29) is 6.54 Å². The maximum absolute atomic E-state index is 12.1. The minimum Gasteiger partial charge on any atom is -0.266 e. The lowest BCUT2D eigenvalue weighted by Gasteiger charge is -2.24. The van der Waals surface area contributed by atoms with Gasteiger partial charge in [-0.15, -0.1) is 0 Å². The Hall–Kier alpha value is -1.88. The summed E-state index contributed by atoms with van der Waals surface area (Å²) in [6, 6.07) is 9.43. The quantitative estimate of drug-likeness (QED) is 0.870. The van der Waals surface area contributed by atoms with Crippen molar-refractivity contribution in [2.45, 2.75) is 20.4 Å². The summed E-state index contributed by atoms with van der Waals surface area (Å²) in [6.07, 6.45) is 4.58. The average Bonchev–Trinajstić information content (AvgIpc) is 2.37. The van der Waals surface area contributed by atoms with E-state index in [0.717, 1.165) is 16.7 Å². The lowest BCUT2D eigenvalue weighted by atomic mass is 10.1. The van der Waals surface area contributed by atoms with E-state index in [1.165, 1.54) is 10.6 Å². The molecule has 0 aliphatic rings. The summed E-state index contributed by atoms with van der Waals surface area (Å²) < 4.78 is 25.6. The van der Waals surface area contributed by atoms with Gasteiger partial charge in [0, 0.05) is 12.4 Å². The number of nitrogens with zero attached hydrogens (tertiary/aromatic N) is 2. The fourth-order valence-electron chi connectivity index (χ4n) is 2.12. The van der Waals surface area contributed by atoms with E-state index < -0.39 is 10.0 Å². The Bertz CT molecular complexity index is 697. The van der Waals surface area contributed by atoms with Crippen molar-refractivity contribution < 1.29 is 8.42 Å². The van der Waals surface area contributed by atoms with Gasteiger partial charge in [0.05, 0.1) is 18.5 Å². The van der Waals surface area contributed by atoms with Gasteiger partial charge in [-0.1, -0.05) is 23.8 Å². The van der Waals surface area contributed by atoms with Crippen LogP contribution in [0.15, 0.2) is 42.7 Å². The molecular formula is C15H18N2O2S. The molecule has 0 amide bonds. The largest absolute Gasteiger partial charge is 0.266 e. The summed E-state index contributed by atoms with van der Waals surface area (Å²) in [6.45, 7) is 4.20. The lowest BCUT2D eigenvalue weighted by molar-refractivity contribution is 0.596. The predicted molar refractivity (Wildman–Crippen MR) is 81.2 cm³/mol. The molecule has 20 heavy (non-hydrogen) atoms. The highest BCUT2D eigenvalue weighted by atomic mass is 32.2. The van der Waals surface area contributed by atoms with E-state index in [0.29, 0.717) is 5.69 Å². The van der Waals surface area contributed by atoms with Crippen LogP contribution in [0.3, 0.4) is 0 Å². The van der Waals surface area contributed by atoms with Crippen LogP contribution >= 0.6 is 0 Å². The second kappa shape index (κ2) is 5.63. The minimum absolute atomic E-state index is 0.288. The van der Waals surface area contributed by atoms with Crippen LogP contribution in [-0.4, -0.2) is 19.7 Å². The highest BCUT2D eigenvalue weighted by molar-refractivity contribution is 7.92. The molecule has 2 rings (SSSR count). The van der Waals surface area contributed by atoms with E-state index in [9.17, 15) is 8.42 Å². The van der Waals surface area contributed by atoms with Gasteiger partial charge in [0.1, 0.15) is 0 Å². The molecule has 106 valence electrons. The van der Waals surface area contributed by atoms with Gasteiger partial charge in [-0.2, -0.15) is 0 Å². The molecule has 1 heterocycles. The summed E-state index contributed by atoms with van der Waals surface area (Å²) in [5.41, 5.74) is 3.63. The Labute approximate surface area is 120 Å². The highest BCUT2D eigenvalue weighted by Crippen LogP contribution is 2.25. The molecule has 0 saturated carbocycles.